The van der Waals surface area contributed by atoms with Crippen molar-refractivity contribution < 1.29 is 8.76 Å². The van der Waals surface area contributed by atoms with Crippen LogP contribution in [0, 0.1) is 0 Å². The molecular formula is C14H23NaO2S. The van der Waals surface area contributed by atoms with Gasteiger partial charge in [-0.3, -0.25) is 0 Å². The number of hydrogen-bond acceptors (Lipinski definition) is 1. The summed E-state index contributed by atoms with van der Waals surface area (Å²) in [6.45, 7) is 2.23. The predicted molar refractivity (Wildman–Crippen MR) is 79.7 cm³/mol. The third-order valence-electron chi connectivity index (χ3n) is 2.94. The molecule has 1 unspecified atom stereocenters. The van der Waals surface area contributed by atoms with Gasteiger partial charge in [0.05, 0.1) is 4.90 Å². The van der Waals surface area contributed by atoms with Crippen molar-refractivity contribution in [2.75, 3.05) is 0 Å². The van der Waals surface area contributed by atoms with Gasteiger partial charge in [-0.1, -0.05) is 51.2 Å². The molecule has 0 aliphatic rings. The second-order valence-corrected chi connectivity index (χ2v) is 5.38. The summed E-state index contributed by atoms with van der Waals surface area (Å²) in [5, 5.41) is 0. The molecule has 18 heavy (non-hydrogen) atoms. The van der Waals surface area contributed by atoms with Crippen molar-refractivity contribution >= 4 is 40.6 Å². The van der Waals surface area contributed by atoms with Gasteiger partial charge in [0.25, 0.3) is 0 Å². The molecule has 1 atom stereocenters. The van der Waals surface area contributed by atoms with Crippen LogP contribution in [0.15, 0.2) is 29.2 Å². The Kier molecular flexibility index (Phi) is 11.4. The zero-order chi connectivity index (χ0) is 12.5. The molecule has 1 N–H and O–H groups in total. The van der Waals surface area contributed by atoms with Crippen LogP contribution in [-0.2, 0) is 17.5 Å². The number of rotatable bonds is 8. The van der Waals surface area contributed by atoms with Crippen LogP contribution < -0.4 is 0 Å². The van der Waals surface area contributed by atoms with Gasteiger partial charge in [0.1, 0.15) is 0 Å². The molecule has 1 rings (SSSR count). The van der Waals surface area contributed by atoms with E-state index in [9.17, 15) is 4.21 Å². The second-order valence-electron chi connectivity index (χ2n) is 4.41. The van der Waals surface area contributed by atoms with E-state index in [1.54, 1.807) is 12.1 Å². The first kappa shape index (κ1) is 18.3. The third kappa shape index (κ3) is 7.70. The zero-order valence-corrected chi connectivity index (χ0v) is 11.3. The minimum atomic E-state index is -1.85. The molecule has 0 radical (unpaired) electrons. The normalized spacial score (nSPS) is 11.9. The first-order chi connectivity index (χ1) is 8.24. The number of benzene rings is 1. The average molecular weight is 278 g/mol. The Hall–Kier alpha value is 0.330. The molecule has 1 aromatic carbocycles. The van der Waals surface area contributed by atoms with Crippen LogP contribution in [0.2, 0.25) is 0 Å². The molecule has 0 saturated carbocycles. The Labute approximate surface area is 135 Å². The maximum atomic E-state index is 10.8. The summed E-state index contributed by atoms with van der Waals surface area (Å²) in [7, 11) is 0. The van der Waals surface area contributed by atoms with E-state index in [1.807, 2.05) is 12.1 Å². The molecule has 0 bridgehead atoms. The van der Waals surface area contributed by atoms with Gasteiger partial charge in [-0.05, 0) is 30.5 Å². The van der Waals surface area contributed by atoms with E-state index in [-0.39, 0.29) is 29.6 Å². The molecule has 1 aromatic rings. The van der Waals surface area contributed by atoms with E-state index < -0.39 is 11.1 Å². The topological polar surface area (TPSA) is 37.3 Å². The second kappa shape index (κ2) is 11.2. The van der Waals surface area contributed by atoms with Crippen molar-refractivity contribution in [2.45, 2.75) is 56.8 Å². The molecule has 98 valence electrons. The van der Waals surface area contributed by atoms with E-state index in [2.05, 4.69) is 6.92 Å². The summed E-state index contributed by atoms with van der Waals surface area (Å²) >= 11 is -1.85. The molecule has 4 heteroatoms. The van der Waals surface area contributed by atoms with Gasteiger partial charge in [0.2, 0.25) is 0 Å². The van der Waals surface area contributed by atoms with Crippen molar-refractivity contribution in [3.63, 3.8) is 0 Å². The van der Waals surface area contributed by atoms with Crippen LogP contribution in [0.4, 0.5) is 0 Å². The Morgan fingerprint density at radius 1 is 1.00 bits per heavy atom. The summed E-state index contributed by atoms with van der Waals surface area (Å²) in [5.74, 6) is 0. The van der Waals surface area contributed by atoms with Crippen LogP contribution in [0.5, 0.6) is 0 Å². The van der Waals surface area contributed by atoms with E-state index in [4.69, 9.17) is 4.55 Å². The maximum absolute atomic E-state index is 10.8. The van der Waals surface area contributed by atoms with Crippen molar-refractivity contribution in [3.8, 4) is 0 Å². The van der Waals surface area contributed by atoms with Gasteiger partial charge < -0.3 is 4.55 Å². The Balaban J connectivity index is 0.00000289. The van der Waals surface area contributed by atoms with Crippen LogP contribution in [-0.4, -0.2) is 38.3 Å². The van der Waals surface area contributed by atoms with Gasteiger partial charge in [-0.25, -0.2) is 4.21 Å². The van der Waals surface area contributed by atoms with Crippen LogP contribution in [0.25, 0.3) is 0 Å². The van der Waals surface area contributed by atoms with Gasteiger partial charge in [0.15, 0.2) is 11.1 Å². The molecule has 0 amide bonds. The summed E-state index contributed by atoms with van der Waals surface area (Å²) in [5.41, 5.74) is 1.26. The first-order valence-electron chi connectivity index (χ1n) is 6.44. The van der Waals surface area contributed by atoms with Crippen molar-refractivity contribution in [1.29, 1.82) is 0 Å². The summed E-state index contributed by atoms with van der Waals surface area (Å²) in [6.07, 6.45) is 8.88. The predicted octanol–water partition coefficient (Wildman–Crippen LogP) is 3.52. The minimum absolute atomic E-state index is 0. The van der Waals surface area contributed by atoms with Gasteiger partial charge >= 0.3 is 29.6 Å². The van der Waals surface area contributed by atoms with Crippen LogP contribution in [0.1, 0.15) is 51.0 Å². The molecule has 0 heterocycles. The number of hydrogen-bond donors (Lipinski definition) is 1. The fraction of sp³-hybridized carbons (Fsp3) is 0.571. The SMILES string of the molecule is CCCCCCCCc1ccc(S(=O)O)cc1.[NaH]. The summed E-state index contributed by atoms with van der Waals surface area (Å²) in [6, 6.07) is 7.38. The molecular weight excluding hydrogens is 255 g/mol. The fourth-order valence-corrected chi connectivity index (χ4v) is 2.25. The quantitative estimate of drug-likeness (QED) is 0.449. The standard InChI is InChI=1S/C14H22O2S.Na.H/c1-2-3-4-5-6-7-8-13-9-11-14(12-10-13)17(15)16;;/h9-12H,2-8H2,1H3,(H,15,16);;. The molecule has 0 aromatic heterocycles. The van der Waals surface area contributed by atoms with Gasteiger partial charge in [-0.2, -0.15) is 0 Å². The van der Waals surface area contributed by atoms with E-state index in [0.29, 0.717) is 4.90 Å². The average Bonchev–Trinajstić information content (AvgIpc) is 2.34. The van der Waals surface area contributed by atoms with Gasteiger partial charge in [0, 0.05) is 0 Å². The molecule has 0 fully saturated rings. The van der Waals surface area contributed by atoms with Crippen LogP contribution >= 0.6 is 0 Å². The number of unbranched alkanes of at least 4 members (excludes halogenated alkanes) is 5. The number of aryl methyl sites for hydroxylation is 1. The molecule has 2 nitrogen and oxygen atoms in total. The van der Waals surface area contributed by atoms with Crippen molar-refractivity contribution in [2.24, 2.45) is 0 Å². The van der Waals surface area contributed by atoms with E-state index >= 15 is 0 Å². The summed E-state index contributed by atoms with van der Waals surface area (Å²) < 4.78 is 19.7. The summed E-state index contributed by atoms with van der Waals surface area (Å²) in [4.78, 5) is 0.483. The monoisotopic (exact) mass is 278 g/mol. The fourth-order valence-electron chi connectivity index (χ4n) is 1.88. The van der Waals surface area contributed by atoms with E-state index in [0.717, 1.165) is 6.42 Å². The molecule has 0 spiro atoms. The van der Waals surface area contributed by atoms with Crippen molar-refractivity contribution in [3.05, 3.63) is 29.8 Å². The third-order valence-corrected chi connectivity index (χ3v) is 3.62. The first-order valence-corrected chi connectivity index (χ1v) is 7.54. The van der Waals surface area contributed by atoms with Crippen LogP contribution in [0.3, 0.4) is 0 Å². The van der Waals surface area contributed by atoms with Gasteiger partial charge in [-0.15, -0.1) is 0 Å². The Morgan fingerprint density at radius 2 is 1.56 bits per heavy atom. The molecule has 0 aliphatic heterocycles. The van der Waals surface area contributed by atoms with E-state index in [1.165, 1.54) is 44.1 Å². The molecule has 0 saturated heterocycles. The van der Waals surface area contributed by atoms with Crippen molar-refractivity contribution in [1.82, 2.24) is 0 Å². The molecule has 0 aliphatic carbocycles. The zero-order valence-electron chi connectivity index (χ0n) is 10.5. The Bertz CT molecular complexity index is 338. The Morgan fingerprint density at radius 3 is 2.11 bits per heavy atom.